The van der Waals surface area contributed by atoms with Gasteiger partial charge in [0.2, 0.25) is 0 Å². The Labute approximate surface area is 156 Å². The number of nitrogens with one attached hydrogen (secondary N) is 1. The van der Waals surface area contributed by atoms with Gasteiger partial charge < -0.3 is 5.32 Å². The lowest BCUT2D eigenvalue weighted by molar-refractivity contribution is -0.137. The molecule has 1 fully saturated rings. The van der Waals surface area contributed by atoms with E-state index >= 15 is 0 Å². The fourth-order valence-electron chi connectivity index (χ4n) is 2.20. The van der Waals surface area contributed by atoms with E-state index in [9.17, 15) is 18.0 Å². The van der Waals surface area contributed by atoms with Crippen molar-refractivity contribution in [3.63, 3.8) is 0 Å². The normalized spacial score (nSPS) is 17.8. The zero-order valence-electron chi connectivity index (χ0n) is 13.5. The topological polar surface area (TPSA) is 41.5 Å². The quantitative estimate of drug-likeness (QED) is 0.566. The number of halogens is 3. The van der Waals surface area contributed by atoms with E-state index in [4.69, 9.17) is 0 Å². The minimum atomic E-state index is -4.43. The van der Waals surface area contributed by atoms with E-state index in [2.05, 4.69) is 10.3 Å². The third-order valence-corrected chi connectivity index (χ3v) is 5.12. The van der Waals surface area contributed by atoms with Crippen LogP contribution in [0.3, 0.4) is 0 Å². The van der Waals surface area contributed by atoms with Crippen LogP contribution in [0, 0.1) is 0 Å². The zero-order chi connectivity index (χ0) is 18.7. The van der Waals surface area contributed by atoms with Crippen LogP contribution in [-0.2, 0) is 11.0 Å². The number of amides is 1. The molecule has 2 aromatic rings. The molecule has 0 aliphatic carbocycles. The van der Waals surface area contributed by atoms with Gasteiger partial charge in [-0.2, -0.15) is 13.2 Å². The highest BCUT2D eigenvalue weighted by molar-refractivity contribution is 8.18. The summed E-state index contributed by atoms with van der Waals surface area (Å²) in [5.41, 5.74) is 0.215. The number of nitrogens with zero attached hydrogens (tertiary/aromatic N) is 1. The van der Waals surface area contributed by atoms with Gasteiger partial charge in [-0.15, -0.1) is 11.8 Å². The predicted molar refractivity (Wildman–Crippen MR) is 100 cm³/mol. The Kier molecular flexibility index (Phi) is 5.43. The number of rotatable bonds is 3. The van der Waals surface area contributed by atoms with Crippen LogP contribution < -0.4 is 5.32 Å². The van der Waals surface area contributed by atoms with Gasteiger partial charge in [0.25, 0.3) is 5.91 Å². The van der Waals surface area contributed by atoms with Gasteiger partial charge in [-0.25, -0.2) is 4.99 Å². The molecular formula is C18H13F3N2OS2. The molecule has 134 valence electrons. The van der Waals surface area contributed by atoms with E-state index in [-0.39, 0.29) is 16.8 Å². The summed E-state index contributed by atoms with van der Waals surface area (Å²) in [4.78, 5) is 17.7. The number of hydrogen-bond donors (Lipinski definition) is 1. The van der Waals surface area contributed by atoms with E-state index in [0.29, 0.717) is 4.91 Å². The van der Waals surface area contributed by atoms with Gasteiger partial charge in [0, 0.05) is 4.90 Å². The van der Waals surface area contributed by atoms with Crippen LogP contribution in [-0.4, -0.2) is 17.3 Å². The van der Waals surface area contributed by atoms with Crippen molar-refractivity contribution in [2.24, 2.45) is 4.99 Å². The molecule has 0 aromatic heterocycles. The van der Waals surface area contributed by atoms with Crippen LogP contribution in [0.25, 0.3) is 6.08 Å². The van der Waals surface area contributed by atoms with Crippen LogP contribution in [0.4, 0.5) is 18.9 Å². The lowest BCUT2D eigenvalue weighted by atomic mass is 10.2. The van der Waals surface area contributed by atoms with Gasteiger partial charge in [0.05, 0.1) is 16.2 Å². The van der Waals surface area contributed by atoms with E-state index in [1.807, 2.05) is 30.5 Å². The molecule has 2 aromatic carbocycles. The molecule has 26 heavy (non-hydrogen) atoms. The summed E-state index contributed by atoms with van der Waals surface area (Å²) in [5.74, 6) is -0.324. The number of carbonyl (C=O) groups is 1. The first-order chi connectivity index (χ1) is 12.3. The van der Waals surface area contributed by atoms with Crippen molar-refractivity contribution in [2.75, 3.05) is 6.26 Å². The number of thioether (sulfide) groups is 2. The first-order valence-corrected chi connectivity index (χ1v) is 9.50. The highest BCUT2D eigenvalue weighted by Crippen LogP contribution is 2.33. The Hall–Kier alpha value is -2.19. The van der Waals surface area contributed by atoms with Crippen molar-refractivity contribution in [3.05, 3.63) is 64.6 Å². The minimum absolute atomic E-state index is 0.133. The summed E-state index contributed by atoms with van der Waals surface area (Å²) in [7, 11) is 0. The number of alkyl halides is 3. The van der Waals surface area contributed by atoms with Crippen molar-refractivity contribution in [1.29, 1.82) is 0 Å². The second-order valence-corrected chi connectivity index (χ2v) is 7.21. The smallest absolute Gasteiger partial charge is 0.300 e. The van der Waals surface area contributed by atoms with E-state index in [0.717, 1.165) is 34.4 Å². The summed E-state index contributed by atoms with van der Waals surface area (Å²) in [6, 6.07) is 12.4. The maximum atomic E-state index is 12.8. The highest BCUT2D eigenvalue weighted by atomic mass is 32.2. The fourth-order valence-corrected chi connectivity index (χ4v) is 3.45. The van der Waals surface area contributed by atoms with Gasteiger partial charge in [-0.05, 0) is 60.0 Å². The van der Waals surface area contributed by atoms with Crippen molar-refractivity contribution >= 4 is 46.4 Å². The molecule has 3 nitrogen and oxygen atoms in total. The summed E-state index contributed by atoms with van der Waals surface area (Å²) in [6.45, 7) is 0. The number of hydrogen-bond acceptors (Lipinski definition) is 4. The Morgan fingerprint density at radius 3 is 2.54 bits per heavy atom. The molecule has 1 N–H and O–H groups in total. The highest BCUT2D eigenvalue weighted by Gasteiger charge is 2.30. The van der Waals surface area contributed by atoms with Crippen molar-refractivity contribution < 1.29 is 18.0 Å². The molecule has 0 saturated carbocycles. The second kappa shape index (κ2) is 7.59. The first-order valence-electron chi connectivity index (χ1n) is 7.46. The van der Waals surface area contributed by atoms with Crippen LogP contribution in [0.15, 0.2) is 63.3 Å². The Bertz CT molecular complexity index is 890. The van der Waals surface area contributed by atoms with Crippen LogP contribution in [0.5, 0.6) is 0 Å². The summed E-state index contributed by atoms with van der Waals surface area (Å²) >= 11 is 2.72. The monoisotopic (exact) mass is 394 g/mol. The molecule has 1 amide bonds. The van der Waals surface area contributed by atoms with E-state index in [1.54, 1.807) is 17.8 Å². The van der Waals surface area contributed by atoms with Gasteiger partial charge in [-0.1, -0.05) is 18.2 Å². The van der Waals surface area contributed by atoms with Crippen molar-refractivity contribution in [1.82, 2.24) is 5.32 Å². The van der Waals surface area contributed by atoms with Gasteiger partial charge in [0.15, 0.2) is 5.17 Å². The Morgan fingerprint density at radius 2 is 1.88 bits per heavy atom. The van der Waals surface area contributed by atoms with Crippen LogP contribution in [0.1, 0.15) is 11.1 Å². The fraction of sp³-hybridized carbons (Fsp3) is 0.111. The van der Waals surface area contributed by atoms with E-state index < -0.39 is 11.7 Å². The van der Waals surface area contributed by atoms with Crippen LogP contribution in [0.2, 0.25) is 0 Å². The molecule has 0 spiro atoms. The third-order valence-electron chi connectivity index (χ3n) is 3.47. The van der Waals surface area contributed by atoms with Gasteiger partial charge in [-0.3, -0.25) is 4.79 Å². The summed E-state index contributed by atoms with van der Waals surface area (Å²) in [5, 5.41) is 2.83. The molecule has 0 unspecified atom stereocenters. The van der Waals surface area contributed by atoms with Crippen molar-refractivity contribution in [2.45, 2.75) is 11.1 Å². The Morgan fingerprint density at radius 1 is 1.15 bits per heavy atom. The molecular weight excluding hydrogens is 381 g/mol. The molecule has 1 aliphatic heterocycles. The summed E-state index contributed by atoms with van der Waals surface area (Å²) in [6.07, 6.45) is -0.737. The maximum absolute atomic E-state index is 12.8. The molecule has 0 atom stereocenters. The van der Waals surface area contributed by atoms with E-state index in [1.165, 1.54) is 12.1 Å². The number of amidine groups is 1. The SMILES string of the molecule is CSc1ccc(/C=C2/SC(=Nc3cccc(C(F)(F)F)c3)NC2=O)cc1. The predicted octanol–water partition coefficient (Wildman–Crippen LogP) is 5.32. The standard InChI is InChI=1S/C18H13F3N2OS2/c1-25-14-7-5-11(6-8-14)9-15-16(24)23-17(26-15)22-13-4-2-3-12(10-13)18(19,20)21/h2-10H,1H3,(H,22,23,24)/b15-9+. The number of aliphatic imine (C=N–C) groups is 1. The largest absolute Gasteiger partial charge is 0.416 e. The minimum Gasteiger partial charge on any atom is -0.300 e. The zero-order valence-corrected chi connectivity index (χ0v) is 15.1. The van der Waals surface area contributed by atoms with Gasteiger partial charge >= 0.3 is 6.18 Å². The lowest BCUT2D eigenvalue weighted by Crippen LogP contribution is -2.19. The molecule has 0 radical (unpaired) electrons. The molecule has 1 heterocycles. The van der Waals surface area contributed by atoms with Crippen molar-refractivity contribution in [3.8, 4) is 0 Å². The second-order valence-electron chi connectivity index (χ2n) is 5.30. The third kappa shape index (κ3) is 4.50. The maximum Gasteiger partial charge on any atom is 0.416 e. The molecule has 1 saturated heterocycles. The lowest BCUT2D eigenvalue weighted by Gasteiger charge is -2.06. The van der Waals surface area contributed by atoms with Gasteiger partial charge in [0.1, 0.15) is 0 Å². The first kappa shape index (κ1) is 18.6. The molecule has 1 aliphatic rings. The molecule has 8 heteroatoms. The Balaban J connectivity index is 1.80. The number of carbonyl (C=O) groups excluding carboxylic acids is 1. The summed E-state index contributed by atoms with van der Waals surface area (Å²) < 4.78 is 38.3. The average molecular weight is 394 g/mol. The molecule has 3 rings (SSSR count). The van der Waals surface area contributed by atoms with Crippen LogP contribution >= 0.6 is 23.5 Å². The molecule has 0 bridgehead atoms. The number of benzene rings is 2. The average Bonchev–Trinajstić information content (AvgIpc) is 2.94.